The van der Waals surface area contributed by atoms with Gasteiger partial charge in [-0.05, 0) is 38.0 Å². The lowest BCUT2D eigenvalue weighted by atomic mass is 10.1. The van der Waals surface area contributed by atoms with Crippen LogP contribution in [0.15, 0.2) is 11.6 Å². The number of carbonyl (C=O) groups excluding carboxylic acids is 1. The van der Waals surface area contributed by atoms with E-state index in [1.54, 1.807) is 0 Å². The zero-order chi connectivity index (χ0) is 15.1. The molecule has 0 unspecified atom stereocenters. The van der Waals surface area contributed by atoms with E-state index in [2.05, 4.69) is 39.1 Å². The first-order chi connectivity index (χ1) is 9.13. The summed E-state index contributed by atoms with van der Waals surface area (Å²) in [7, 11) is -2.87. The van der Waals surface area contributed by atoms with Gasteiger partial charge >= 0.3 is 0 Å². The quantitative estimate of drug-likeness (QED) is 0.810. The summed E-state index contributed by atoms with van der Waals surface area (Å²) in [6.45, 7) is 8.34. The highest BCUT2D eigenvalue weighted by Crippen LogP contribution is 2.59. The zero-order valence-electron chi connectivity index (χ0n) is 12.8. The predicted molar refractivity (Wildman–Crippen MR) is 80.0 cm³/mol. The highest BCUT2D eigenvalue weighted by Gasteiger charge is 2.60. The average molecular weight is 299 g/mol. The largest absolute Gasteiger partial charge is 0.353 e. The van der Waals surface area contributed by atoms with E-state index in [4.69, 9.17) is 0 Å². The fourth-order valence-corrected chi connectivity index (χ4v) is 4.67. The maximum Gasteiger partial charge on any atom is 0.224 e. The van der Waals surface area contributed by atoms with Crippen LogP contribution < -0.4 is 5.32 Å². The van der Waals surface area contributed by atoms with Crippen molar-refractivity contribution in [2.75, 3.05) is 11.5 Å². The molecule has 0 aromatic heterocycles. The summed E-state index contributed by atoms with van der Waals surface area (Å²) in [5.74, 6) is 0.810. The van der Waals surface area contributed by atoms with Crippen LogP contribution in [0.25, 0.3) is 0 Å². The van der Waals surface area contributed by atoms with Gasteiger partial charge in [-0.3, -0.25) is 4.79 Å². The molecule has 2 aliphatic rings. The highest BCUT2D eigenvalue weighted by molar-refractivity contribution is 7.91. The first-order valence-corrected chi connectivity index (χ1v) is 9.11. The predicted octanol–water partition coefficient (Wildman–Crippen LogP) is 1.92. The van der Waals surface area contributed by atoms with Crippen molar-refractivity contribution in [3.05, 3.63) is 11.6 Å². The van der Waals surface area contributed by atoms with Crippen molar-refractivity contribution >= 4 is 15.7 Å². The van der Waals surface area contributed by atoms with E-state index in [1.807, 2.05) is 0 Å². The molecule has 0 spiro atoms. The molecule has 0 radical (unpaired) electrons. The third-order valence-electron chi connectivity index (χ3n) is 4.61. The van der Waals surface area contributed by atoms with E-state index in [1.165, 1.54) is 5.57 Å². The van der Waals surface area contributed by atoms with Crippen LogP contribution in [-0.4, -0.2) is 31.9 Å². The Morgan fingerprint density at radius 3 is 2.25 bits per heavy atom. The number of hydrogen-bond acceptors (Lipinski definition) is 3. The summed E-state index contributed by atoms with van der Waals surface area (Å²) in [6.07, 6.45) is 3.28. The zero-order valence-corrected chi connectivity index (χ0v) is 13.6. The van der Waals surface area contributed by atoms with E-state index in [9.17, 15) is 13.2 Å². The number of allylic oxidation sites excluding steroid dienone is 2. The fourth-order valence-electron chi connectivity index (χ4n) is 3.17. The molecular weight excluding hydrogens is 274 g/mol. The van der Waals surface area contributed by atoms with Crippen LogP contribution in [0.5, 0.6) is 0 Å². The van der Waals surface area contributed by atoms with E-state index in [0.29, 0.717) is 18.8 Å². The van der Waals surface area contributed by atoms with Crippen molar-refractivity contribution < 1.29 is 13.2 Å². The van der Waals surface area contributed by atoms with Gasteiger partial charge in [0.25, 0.3) is 0 Å². The van der Waals surface area contributed by atoms with Gasteiger partial charge in [0.1, 0.15) is 9.84 Å². The minimum absolute atomic E-state index is 0.0160. The smallest absolute Gasteiger partial charge is 0.224 e. The molecule has 1 aliphatic carbocycles. The molecule has 2 fully saturated rings. The van der Waals surface area contributed by atoms with Crippen molar-refractivity contribution in [2.45, 2.75) is 46.6 Å². The molecule has 0 aromatic rings. The van der Waals surface area contributed by atoms with Gasteiger partial charge in [-0.15, -0.1) is 0 Å². The number of rotatable bonds is 3. The maximum atomic E-state index is 12.4. The Morgan fingerprint density at radius 2 is 1.75 bits per heavy atom. The van der Waals surface area contributed by atoms with E-state index in [0.717, 1.165) is 0 Å². The molecule has 2 atom stereocenters. The highest BCUT2D eigenvalue weighted by atomic mass is 32.2. The van der Waals surface area contributed by atoms with Gasteiger partial charge in [0.15, 0.2) is 0 Å². The summed E-state index contributed by atoms with van der Waals surface area (Å²) in [4.78, 5) is 12.4. The number of hydrogen-bond donors (Lipinski definition) is 1. The molecule has 20 heavy (non-hydrogen) atoms. The maximum absolute atomic E-state index is 12.4. The molecule has 1 amide bonds. The minimum Gasteiger partial charge on any atom is -0.353 e. The van der Waals surface area contributed by atoms with Crippen molar-refractivity contribution in [3.8, 4) is 0 Å². The van der Waals surface area contributed by atoms with Crippen LogP contribution in [0.3, 0.4) is 0 Å². The Balaban J connectivity index is 1.92. The normalized spacial score (nSPS) is 31.4. The lowest BCUT2D eigenvalue weighted by Gasteiger charge is -2.23. The third kappa shape index (κ3) is 3.25. The molecule has 1 heterocycles. The lowest BCUT2D eigenvalue weighted by molar-refractivity contribution is -0.123. The second-order valence-electron chi connectivity index (χ2n) is 7.00. The Morgan fingerprint density at radius 1 is 1.20 bits per heavy atom. The van der Waals surface area contributed by atoms with Crippen LogP contribution in [0.4, 0.5) is 0 Å². The number of carbonyl (C=O) groups is 1. The van der Waals surface area contributed by atoms with Crippen molar-refractivity contribution in [2.24, 2.45) is 17.3 Å². The minimum atomic E-state index is -2.87. The molecule has 1 aliphatic heterocycles. The topological polar surface area (TPSA) is 63.2 Å². The molecular formula is C15H25NO3S. The molecule has 1 saturated heterocycles. The van der Waals surface area contributed by atoms with Gasteiger partial charge in [0.2, 0.25) is 5.91 Å². The van der Waals surface area contributed by atoms with Gasteiger partial charge in [0, 0.05) is 6.04 Å². The van der Waals surface area contributed by atoms with Crippen molar-refractivity contribution in [3.63, 3.8) is 0 Å². The van der Waals surface area contributed by atoms with Gasteiger partial charge in [-0.25, -0.2) is 8.42 Å². The molecule has 114 valence electrons. The van der Waals surface area contributed by atoms with Crippen LogP contribution in [0.2, 0.25) is 0 Å². The van der Waals surface area contributed by atoms with E-state index < -0.39 is 9.84 Å². The first kappa shape index (κ1) is 15.5. The molecule has 5 heteroatoms. The number of sulfone groups is 1. The average Bonchev–Trinajstić information content (AvgIpc) is 2.82. The standard InChI is InChI=1S/C15H25NO3S/c1-10(2)9-12-13(15(12,3)4)14(17)16-11-5-7-20(18,19)8-6-11/h9,11-13H,5-8H2,1-4H3,(H,16,17)/t12-,13-/m0/s1. The fraction of sp³-hybridized carbons (Fsp3) is 0.800. The second kappa shape index (κ2) is 5.17. The molecule has 2 rings (SSSR count). The van der Waals surface area contributed by atoms with E-state index in [-0.39, 0.29) is 34.8 Å². The summed E-state index contributed by atoms with van der Waals surface area (Å²) in [5, 5.41) is 3.04. The van der Waals surface area contributed by atoms with Crippen LogP contribution in [0, 0.1) is 17.3 Å². The summed E-state index contributed by atoms with van der Waals surface area (Å²) in [6, 6.07) is 0.0229. The van der Waals surface area contributed by atoms with Crippen molar-refractivity contribution in [1.82, 2.24) is 5.32 Å². The molecule has 1 N–H and O–H groups in total. The Bertz CT molecular complexity index is 515. The Hall–Kier alpha value is -0.840. The third-order valence-corrected chi connectivity index (χ3v) is 6.32. The molecule has 0 bridgehead atoms. The van der Waals surface area contributed by atoms with E-state index >= 15 is 0 Å². The first-order valence-electron chi connectivity index (χ1n) is 7.29. The Kier molecular flexibility index (Phi) is 4.02. The second-order valence-corrected chi connectivity index (χ2v) is 9.31. The van der Waals surface area contributed by atoms with Crippen LogP contribution >= 0.6 is 0 Å². The SMILES string of the molecule is CC(C)=C[C@H]1[C@@H](C(=O)NC2CCS(=O)(=O)CC2)C1(C)C. The van der Waals surface area contributed by atoms with Crippen LogP contribution in [0.1, 0.15) is 40.5 Å². The summed E-state index contributed by atoms with van der Waals surface area (Å²) in [5.41, 5.74) is 1.25. The van der Waals surface area contributed by atoms with Gasteiger partial charge in [-0.1, -0.05) is 25.5 Å². The van der Waals surface area contributed by atoms with Gasteiger partial charge < -0.3 is 5.32 Å². The molecule has 1 saturated carbocycles. The molecule has 4 nitrogen and oxygen atoms in total. The van der Waals surface area contributed by atoms with Crippen LogP contribution in [-0.2, 0) is 14.6 Å². The molecule has 0 aromatic carbocycles. The van der Waals surface area contributed by atoms with Gasteiger partial charge in [0.05, 0.1) is 17.4 Å². The Labute approximate surface area is 121 Å². The summed E-state index contributed by atoms with van der Waals surface area (Å²) >= 11 is 0. The van der Waals surface area contributed by atoms with Crippen molar-refractivity contribution in [1.29, 1.82) is 0 Å². The number of nitrogens with one attached hydrogen (secondary N) is 1. The number of amides is 1. The summed E-state index contributed by atoms with van der Waals surface area (Å²) < 4.78 is 22.8. The monoisotopic (exact) mass is 299 g/mol. The van der Waals surface area contributed by atoms with Gasteiger partial charge in [-0.2, -0.15) is 0 Å². The lowest BCUT2D eigenvalue weighted by Crippen LogP contribution is -2.42.